The lowest BCUT2D eigenvalue weighted by Gasteiger charge is -2.18. The number of carbonyl (C=O) groups is 3. The molecule has 1 aliphatic rings. The second-order valence-corrected chi connectivity index (χ2v) is 6.64. The van der Waals surface area contributed by atoms with Gasteiger partial charge in [-0.3, -0.25) is 14.5 Å². The van der Waals surface area contributed by atoms with E-state index >= 15 is 0 Å². The first-order valence-electron chi connectivity index (χ1n) is 7.48. The van der Waals surface area contributed by atoms with Gasteiger partial charge in [0.2, 0.25) is 5.91 Å². The second kappa shape index (κ2) is 6.48. The summed E-state index contributed by atoms with van der Waals surface area (Å²) in [5.74, 6) is -0.545. The van der Waals surface area contributed by atoms with E-state index < -0.39 is 17.5 Å². The molecule has 0 saturated carbocycles. The fraction of sp³-hybridized carbons (Fsp3) is 0.312. The summed E-state index contributed by atoms with van der Waals surface area (Å²) in [6.07, 6.45) is 2.15. The molecule has 1 atom stereocenters. The third kappa shape index (κ3) is 3.05. The Morgan fingerprint density at radius 2 is 2.21 bits per heavy atom. The van der Waals surface area contributed by atoms with Crippen LogP contribution in [0.2, 0.25) is 0 Å². The van der Waals surface area contributed by atoms with Crippen molar-refractivity contribution in [2.24, 2.45) is 0 Å². The summed E-state index contributed by atoms with van der Waals surface area (Å²) in [6, 6.07) is 6.59. The quantitative estimate of drug-likeness (QED) is 0.774. The number of hydrogen-bond acceptors (Lipinski definition) is 5. The maximum Gasteiger partial charge on any atom is 0.325 e. The Labute approximate surface area is 142 Å². The van der Waals surface area contributed by atoms with Crippen LogP contribution in [0, 0.1) is 0 Å². The van der Waals surface area contributed by atoms with E-state index in [-0.39, 0.29) is 12.5 Å². The molecule has 1 unspecified atom stereocenters. The zero-order valence-corrected chi connectivity index (χ0v) is 13.9. The SMILES string of the molecule is CC1(c2ccco2)NC(=O)N(CC(=O)NCCc2cccs2)C1=O. The molecule has 24 heavy (non-hydrogen) atoms. The number of imide groups is 1. The molecule has 0 spiro atoms. The van der Waals surface area contributed by atoms with Crippen LogP contribution in [0.5, 0.6) is 0 Å². The topological polar surface area (TPSA) is 91.7 Å². The molecular weight excluding hydrogens is 330 g/mol. The van der Waals surface area contributed by atoms with Crippen LogP contribution in [0.1, 0.15) is 17.6 Å². The first-order valence-corrected chi connectivity index (χ1v) is 8.36. The van der Waals surface area contributed by atoms with Gasteiger partial charge in [0.05, 0.1) is 6.26 Å². The molecule has 4 amide bonds. The van der Waals surface area contributed by atoms with Gasteiger partial charge in [-0.2, -0.15) is 0 Å². The predicted molar refractivity (Wildman–Crippen MR) is 87.3 cm³/mol. The van der Waals surface area contributed by atoms with Gasteiger partial charge in [0.25, 0.3) is 5.91 Å². The number of nitrogens with zero attached hydrogens (tertiary/aromatic N) is 1. The van der Waals surface area contributed by atoms with Crippen LogP contribution < -0.4 is 10.6 Å². The van der Waals surface area contributed by atoms with Crippen molar-refractivity contribution in [2.45, 2.75) is 18.9 Å². The van der Waals surface area contributed by atoms with E-state index in [4.69, 9.17) is 4.42 Å². The van der Waals surface area contributed by atoms with Gasteiger partial charge in [0.1, 0.15) is 12.3 Å². The van der Waals surface area contributed by atoms with Crippen molar-refractivity contribution >= 4 is 29.2 Å². The number of carbonyl (C=O) groups excluding carboxylic acids is 3. The Bertz CT molecular complexity index is 741. The summed E-state index contributed by atoms with van der Waals surface area (Å²) in [5, 5.41) is 7.28. The van der Waals surface area contributed by atoms with Gasteiger partial charge in [-0.25, -0.2) is 4.79 Å². The molecule has 7 nitrogen and oxygen atoms in total. The number of furan rings is 1. The largest absolute Gasteiger partial charge is 0.466 e. The highest BCUT2D eigenvalue weighted by Gasteiger charge is 2.51. The first-order chi connectivity index (χ1) is 11.5. The Morgan fingerprint density at radius 3 is 2.88 bits per heavy atom. The molecule has 0 aliphatic carbocycles. The molecule has 3 rings (SSSR count). The highest BCUT2D eigenvalue weighted by Crippen LogP contribution is 2.28. The van der Waals surface area contributed by atoms with Gasteiger partial charge in [0, 0.05) is 11.4 Å². The number of rotatable bonds is 6. The molecule has 2 aromatic heterocycles. The molecule has 3 heterocycles. The molecule has 1 saturated heterocycles. The van der Waals surface area contributed by atoms with Gasteiger partial charge in [0.15, 0.2) is 5.54 Å². The van der Waals surface area contributed by atoms with Crippen LogP contribution >= 0.6 is 11.3 Å². The number of thiophene rings is 1. The maximum absolute atomic E-state index is 12.5. The predicted octanol–water partition coefficient (Wildman–Crippen LogP) is 1.47. The van der Waals surface area contributed by atoms with E-state index in [1.807, 2.05) is 17.5 Å². The monoisotopic (exact) mass is 347 g/mol. The smallest absolute Gasteiger partial charge is 0.325 e. The summed E-state index contributed by atoms with van der Waals surface area (Å²) in [4.78, 5) is 38.7. The van der Waals surface area contributed by atoms with Crippen LogP contribution in [-0.4, -0.2) is 35.8 Å². The lowest BCUT2D eigenvalue weighted by Crippen LogP contribution is -2.43. The first kappa shape index (κ1) is 16.3. The zero-order chi connectivity index (χ0) is 17.2. The third-order valence-corrected chi connectivity index (χ3v) is 4.80. The molecule has 1 fully saturated rings. The molecule has 2 N–H and O–H groups in total. The van der Waals surface area contributed by atoms with Gasteiger partial charge in [-0.1, -0.05) is 6.07 Å². The standard InChI is InChI=1S/C16H17N3O4S/c1-16(12-5-2-8-23-12)14(21)19(15(22)18-16)10-13(20)17-7-6-11-4-3-9-24-11/h2-5,8-9H,6-7,10H2,1H3,(H,17,20)(H,18,22). The van der Waals surface area contributed by atoms with Crippen molar-refractivity contribution in [1.29, 1.82) is 0 Å². The van der Waals surface area contributed by atoms with Crippen LogP contribution in [0.25, 0.3) is 0 Å². The number of urea groups is 1. The zero-order valence-electron chi connectivity index (χ0n) is 13.1. The van der Waals surface area contributed by atoms with Crippen molar-refractivity contribution in [1.82, 2.24) is 15.5 Å². The van der Waals surface area contributed by atoms with Crippen molar-refractivity contribution in [3.63, 3.8) is 0 Å². The Morgan fingerprint density at radius 1 is 1.38 bits per heavy atom. The molecule has 0 aromatic carbocycles. The van der Waals surface area contributed by atoms with Gasteiger partial charge < -0.3 is 15.1 Å². The Balaban J connectivity index is 1.57. The average Bonchev–Trinajstić information content (AvgIpc) is 3.27. The minimum atomic E-state index is -1.28. The fourth-order valence-corrected chi connectivity index (χ4v) is 3.26. The van der Waals surface area contributed by atoms with Gasteiger partial charge in [-0.05, 0) is 36.9 Å². The highest BCUT2D eigenvalue weighted by molar-refractivity contribution is 7.09. The summed E-state index contributed by atoms with van der Waals surface area (Å²) in [7, 11) is 0. The Hall–Kier alpha value is -2.61. The summed E-state index contributed by atoms with van der Waals surface area (Å²) >= 11 is 1.62. The van der Waals surface area contributed by atoms with Crippen LogP contribution in [-0.2, 0) is 21.5 Å². The van der Waals surface area contributed by atoms with Gasteiger partial charge in [-0.15, -0.1) is 11.3 Å². The van der Waals surface area contributed by atoms with Gasteiger partial charge >= 0.3 is 6.03 Å². The maximum atomic E-state index is 12.5. The van der Waals surface area contributed by atoms with E-state index in [0.717, 1.165) is 9.78 Å². The van der Waals surface area contributed by atoms with Crippen molar-refractivity contribution < 1.29 is 18.8 Å². The summed E-state index contributed by atoms with van der Waals surface area (Å²) in [6.45, 7) is 1.70. The van der Waals surface area contributed by atoms with E-state index in [1.165, 1.54) is 6.26 Å². The van der Waals surface area contributed by atoms with E-state index in [9.17, 15) is 14.4 Å². The molecular formula is C16H17N3O4S. The molecule has 2 aromatic rings. The van der Waals surface area contributed by atoms with E-state index in [1.54, 1.807) is 30.4 Å². The summed E-state index contributed by atoms with van der Waals surface area (Å²) < 4.78 is 5.24. The second-order valence-electron chi connectivity index (χ2n) is 5.60. The lowest BCUT2D eigenvalue weighted by atomic mass is 9.99. The molecule has 126 valence electrons. The lowest BCUT2D eigenvalue weighted by molar-refractivity contribution is -0.135. The van der Waals surface area contributed by atoms with E-state index in [2.05, 4.69) is 10.6 Å². The third-order valence-electron chi connectivity index (χ3n) is 3.86. The van der Waals surface area contributed by atoms with Crippen molar-refractivity contribution in [2.75, 3.05) is 13.1 Å². The van der Waals surface area contributed by atoms with Crippen LogP contribution in [0.15, 0.2) is 40.3 Å². The Kier molecular flexibility index (Phi) is 4.39. The normalized spacial score (nSPS) is 20.3. The number of nitrogens with one attached hydrogen (secondary N) is 2. The van der Waals surface area contributed by atoms with E-state index in [0.29, 0.717) is 18.7 Å². The summed E-state index contributed by atoms with van der Waals surface area (Å²) in [5.41, 5.74) is -1.28. The highest BCUT2D eigenvalue weighted by atomic mass is 32.1. The molecule has 0 bridgehead atoms. The van der Waals surface area contributed by atoms with Crippen molar-refractivity contribution in [3.05, 3.63) is 46.5 Å². The number of hydrogen-bond donors (Lipinski definition) is 2. The minimum absolute atomic E-state index is 0.314. The molecule has 8 heteroatoms. The van der Waals surface area contributed by atoms with Crippen LogP contribution in [0.4, 0.5) is 4.79 Å². The number of amides is 4. The fourth-order valence-electron chi connectivity index (χ4n) is 2.55. The van der Waals surface area contributed by atoms with Crippen LogP contribution in [0.3, 0.4) is 0 Å². The molecule has 1 aliphatic heterocycles. The molecule has 0 radical (unpaired) electrons. The van der Waals surface area contributed by atoms with Crippen molar-refractivity contribution in [3.8, 4) is 0 Å². The average molecular weight is 347 g/mol. The minimum Gasteiger partial charge on any atom is -0.466 e.